The lowest BCUT2D eigenvalue weighted by atomic mass is 10.5. The predicted molar refractivity (Wildman–Crippen MR) is 39.2 cm³/mol. The minimum Gasteiger partial charge on any atom is -0.353 e. The molecule has 0 aromatic carbocycles. The summed E-state index contributed by atoms with van der Waals surface area (Å²) < 4.78 is 1.29. The van der Waals surface area contributed by atoms with Gasteiger partial charge in [-0.2, -0.15) is 0 Å². The molecule has 5 heteroatoms. The molecular formula is C6H10N4O. The van der Waals surface area contributed by atoms with Crippen molar-refractivity contribution in [2.24, 2.45) is 0 Å². The largest absolute Gasteiger partial charge is 0.353 e. The van der Waals surface area contributed by atoms with Crippen LogP contribution in [-0.2, 0) is 5.85 Å². The van der Waals surface area contributed by atoms with Gasteiger partial charge in [-0.15, -0.1) is 5.10 Å². The van der Waals surface area contributed by atoms with Gasteiger partial charge in [0.2, 0.25) is 5.85 Å². The van der Waals surface area contributed by atoms with E-state index in [2.05, 4.69) is 22.2 Å². The normalized spacial score (nSPS) is 15.5. The van der Waals surface area contributed by atoms with E-state index in [1.807, 2.05) is 0 Å². The fourth-order valence-electron chi connectivity index (χ4n) is 0.700. The first kappa shape index (κ1) is 7.74. The fourth-order valence-corrected chi connectivity index (χ4v) is 0.700. The number of aliphatic hydroxyl groups is 1. The molecule has 0 aliphatic heterocycles. The first-order valence-electron chi connectivity index (χ1n) is 3.14. The Kier molecular flexibility index (Phi) is 1.91. The number of hydrogen-bond donors (Lipinski definition) is 2. The summed E-state index contributed by atoms with van der Waals surface area (Å²) in [7, 11) is 0. The van der Waals surface area contributed by atoms with E-state index in [4.69, 9.17) is 0 Å². The third kappa shape index (κ3) is 1.56. The number of aromatic nitrogens is 3. The fraction of sp³-hybridized carbons (Fsp3) is 0.333. The molecular weight excluding hydrogens is 144 g/mol. The molecule has 0 bridgehead atoms. The van der Waals surface area contributed by atoms with E-state index >= 15 is 0 Å². The number of rotatable bonds is 3. The van der Waals surface area contributed by atoms with E-state index in [0.717, 1.165) is 0 Å². The van der Waals surface area contributed by atoms with Crippen LogP contribution in [0.25, 0.3) is 0 Å². The Labute approximate surface area is 64.3 Å². The number of nitrogens with zero attached hydrogens (tertiary/aromatic N) is 3. The van der Waals surface area contributed by atoms with Gasteiger partial charge in [-0.3, -0.25) is 0 Å². The Morgan fingerprint density at radius 3 is 3.00 bits per heavy atom. The summed E-state index contributed by atoms with van der Waals surface area (Å²) in [4.78, 5) is 0. The zero-order valence-corrected chi connectivity index (χ0v) is 6.23. The van der Waals surface area contributed by atoms with Gasteiger partial charge in [0.25, 0.3) is 0 Å². The van der Waals surface area contributed by atoms with Gasteiger partial charge in [0, 0.05) is 6.92 Å². The van der Waals surface area contributed by atoms with Crippen LogP contribution >= 0.6 is 0 Å². The van der Waals surface area contributed by atoms with Gasteiger partial charge in [-0.1, -0.05) is 11.8 Å². The summed E-state index contributed by atoms with van der Waals surface area (Å²) in [5, 5.41) is 19.3. The first-order valence-corrected chi connectivity index (χ1v) is 3.14. The van der Waals surface area contributed by atoms with Crippen LogP contribution in [0.2, 0.25) is 0 Å². The van der Waals surface area contributed by atoms with Gasteiger partial charge < -0.3 is 10.4 Å². The smallest absolute Gasteiger partial charge is 0.233 e. The van der Waals surface area contributed by atoms with E-state index in [-0.39, 0.29) is 0 Å². The zero-order chi connectivity index (χ0) is 8.32. The highest BCUT2D eigenvalue weighted by molar-refractivity contribution is 4.77. The van der Waals surface area contributed by atoms with E-state index in [1.54, 1.807) is 13.1 Å². The van der Waals surface area contributed by atoms with E-state index in [1.165, 1.54) is 17.1 Å². The molecule has 1 rings (SSSR count). The molecule has 0 saturated carbocycles. The minimum atomic E-state index is -1.25. The molecule has 0 spiro atoms. The van der Waals surface area contributed by atoms with Crippen molar-refractivity contribution < 1.29 is 5.11 Å². The summed E-state index contributed by atoms with van der Waals surface area (Å²) in [6.07, 6.45) is 4.43. The van der Waals surface area contributed by atoms with Gasteiger partial charge >= 0.3 is 0 Å². The van der Waals surface area contributed by atoms with Crippen LogP contribution < -0.4 is 5.32 Å². The summed E-state index contributed by atoms with van der Waals surface area (Å²) >= 11 is 0. The lowest BCUT2D eigenvalue weighted by molar-refractivity contribution is -0.0524. The van der Waals surface area contributed by atoms with Gasteiger partial charge in [0.1, 0.15) is 0 Å². The molecule has 1 atom stereocenters. The molecule has 0 aliphatic carbocycles. The minimum absolute atomic E-state index is 1.25. The average molecular weight is 154 g/mol. The van der Waals surface area contributed by atoms with Gasteiger partial charge in [-0.05, 0) is 6.20 Å². The van der Waals surface area contributed by atoms with Gasteiger partial charge in [0.15, 0.2) is 0 Å². The van der Waals surface area contributed by atoms with Crippen molar-refractivity contribution in [2.45, 2.75) is 12.8 Å². The van der Waals surface area contributed by atoms with Crippen LogP contribution in [-0.4, -0.2) is 20.1 Å². The van der Waals surface area contributed by atoms with Gasteiger partial charge in [0.05, 0.1) is 12.4 Å². The third-order valence-electron chi connectivity index (χ3n) is 1.24. The van der Waals surface area contributed by atoms with E-state index < -0.39 is 5.85 Å². The standard InChI is InChI=1S/C6H10N4O/c1-3-7-6(2,11)10-5-4-8-9-10/h3-5,7,11H,1H2,2H3. The topological polar surface area (TPSA) is 63.0 Å². The van der Waals surface area contributed by atoms with Crippen molar-refractivity contribution in [3.8, 4) is 0 Å². The van der Waals surface area contributed by atoms with Crippen LogP contribution in [0.4, 0.5) is 0 Å². The van der Waals surface area contributed by atoms with Crippen molar-refractivity contribution >= 4 is 0 Å². The molecule has 0 aliphatic rings. The highest BCUT2D eigenvalue weighted by atomic mass is 16.3. The molecule has 0 saturated heterocycles. The second-order valence-corrected chi connectivity index (χ2v) is 2.22. The molecule has 1 heterocycles. The highest BCUT2D eigenvalue weighted by Crippen LogP contribution is 2.03. The molecule has 1 aromatic rings. The van der Waals surface area contributed by atoms with Crippen LogP contribution in [0, 0.1) is 0 Å². The van der Waals surface area contributed by atoms with Crippen molar-refractivity contribution in [3.63, 3.8) is 0 Å². The molecule has 0 amide bonds. The maximum absolute atomic E-state index is 9.55. The lowest BCUT2D eigenvalue weighted by Crippen LogP contribution is -2.42. The third-order valence-corrected chi connectivity index (χ3v) is 1.24. The first-order chi connectivity index (χ1) is 5.17. The highest BCUT2D eigenvalue weighted by Gasteiger charge is 2.20. The quantitative estimate of drug-likeness (QED) is 0.583. The predicted octanol–water partition coefficient (Wildman–Crippen LogP) is -0.366. The molecule has 11 heavy (non-hydrogen) atoms. The monoisotopic (exact) mass is 154 g/mol. The average Bonchev–Trinajstić information content (AvgIpc) is 2.37. The Morgan fingerprint density at radius 2 is 2.55 bits per heavy atom. The molecule has 1 aromatic heterocycles. The maximum atomic E-state index is 9.55. The Balaban J connectivity index is 2.81. The zero-order valence-electron chi connectivity index (χ0n) is 6.23. The van der Waals surface area contributed by atoms with Crippen molar-refractivity contribution in [3.05, 3.63) is 25.2 Å². The molecule has 2 N–H and O–H groups in total. The second-order valence-electron chi connectivity index (χ2n) is 2.22. The van der Waals surface area contributed by atoms with Crippen LogP contribution in [0.3, 0.4) is 0 Å². The molecule has 60 valence electrons. The molecule has 5 nitrogen and oxygen atoms in total. The van der Waals surface area contributed by atoms with E-state index in [0.29, 0.717) is 0 Å². The number of hydrogen-bond acceptors (Lipinski definition) is 4. The number of nitrogens with one attached hydrogen (secondary N) is 1. The van der Waals surface area contributed by atoms with Crippen LogP contribution in [0.5, 0.6) is 0 Å². The van der Waals surface area contributed by atoms with E-state index in [9.17, 15) is 5.11 Å². The van der Waals surface area contributed by atoms with Crippen LogP contribution in [0.15, 0.2) is 25.2 Å². The Hall–Kier alpha value is -1.36. The molecule has 0 fully saturated rings. The van der Waals surface area contributed by atoms with Crippen molar-refractivity contribution in [1.29, 1.82) is 0 Å². The molecule has 1 unspecified atom stereocenters. The summed E-state index contributed by atoms with van der Waals surface area (Å²) in [6.45, 7) is 4.97. The Bertz CT molecular complexity index is 229. The lowest BCUT2D eigenvalue weighted by Gasteiger charge is -2.22. The van der Waals surface area contributed by atoms with Gasteiger partial charge in [-0.25, -0.2) is 4.68 Å². The van der Waals surface area contributed by atoms with Crippen molar-refractivity contribution in [2.75, 3.05) is 0 Å². The molecule has 0 radical (unpaired) electrons. The van der Waals surface area contributed by atoms with Crippen LogP contribution in [0.1, 0.15) is 6.92 Å². The summed E-state index contributed by atoms with van der Waals surface area (Å²) in [5.41, 5.74) is 0. The maximum Gasteiger partial charge on any atom is 0.233 e. The SMILES string of the molecule is C=CNC(C)(O)n1ccnn1. The second kappa shape index (κ2) is 2.71. The Morgan fingerprint density at radius 1 is 1.82 bits per heavy atom. The summed E-state index contributed by atoms with van der Waals surface area (Å²) in [5.74, 6) is -1.25. The summed E-state index contributed by atoms with van der Waals surface area (Å²) in [6, 6.07) is 0. The van der Waals surface area contributed by atoms with Crippen molar-refractivity contribution in [1.82, 2.24) is 20.3 Å².